The van der Waals surface area contributed by atoms with E-state index in [1.807, 2.05) is 29.2 Å². The molecule has 0 spiro atoms. The number of imide groups is 1. The van der Waals surface area contributed by atoms with Crippen molar-refractivity contribution in [1.29, 1.82) is 5.26 Å². The summed E-state index contributed by atoms with van der Waals surface area (Å²) in [5, 5.41) is 11.7. The second-order valence-corrected chi connectivity index (χ2v) is 17.1. The number of carbonyl (C=O) groups is 4. The van der Waals surface area contributed by atoms with Crippen LogP contribution in [0.2, 0.25) is 0 Å². The maximum absolute atomic E-state index is 13.7. The molecule has 4 fully saturated rings. The number of pyridine rings is 1. The Morgan fingerprint density at radius 2 is 1.74 bits per heavy atom. The molecule has 1 N–H and O–H groups in total. The van der Waals surface area contributed by atoms with Crippen LogP contribution in [-0.2, 0) is 42.9 Å². The van der Waals surface area contributed by atoms with Crippen LogP contribution < -0.4 is 10.2 Å². The lowest BCUT2D eigenvalue weighted by molar-refractivity contribution is -0.138. The van der Waals surface area contributed by atoms with Gasteiger partial charge in [0.2, 0.25) is 11.8 Å². The number of hydrogen-bond acceptors (Lipinski definition) is 9. The fourth-order valence-corrected chi connectivity index (χ4v) is 9.85. The normalized spacial score (nSPS) is 27.1. The zero-order valence-corrected chi connectivity index (χ0v) is 33.8. The number of hydrogen-bond donors (Lipinski definition) is 1. The highest BCUT2D eigenvalue weighted by atomic mass is 32.1. The smallest absolute Gasteiger partial charge is 0.378 e. The Balaban J connectivity index is 0.943. The molecule has 2 aromatic rings. The number of Topliss-reactive ketones (excluding diaryl/α,β-unsaturated/α-hetero) is 1. The van der Waals surface area contributed by atoms with Crippen molar-refractivity contribution < 1.29 is 37.1 Å². The summed E-state index contributed by atoms with van der Waals surface area (Å²) in [4.78, 5) is 59.6. The average molecular weight is 809 g/mol. The van der Waals surface area contributed by atoms with E-state index >= 15 is 0 Å². The van der Waals surface area contributed by atoms with Crippen LogP contribution >= 0.6 is 12.2 Å². The maximum atomic E-state index is 13.7. The number of thiocarbonyl (C=S) groups is 1. The second-order valence-electron chi connectivity index (χ2n) is 16.7. The molecular weight excluding hydrogens is 758 g/mol. The van der Waals surface area contributed by atoms with E-state index in [2.05, 4.69) is 29.0 Å². The van der Waals surface area contributed by atoms with Gasteiger partial charge in [0, 0.05) is 43.5 Å². The average Bonchev–Trinajstić information content (AvgIpc) is 3.32. The molecule has 306 valence electrons. The quantitative estimate of drug-likeness (QED) is 0.192. The fraction of sp³-hybridized carbons (Fsp3) is 0.595. The van der Waals surface area contributed by atoms with Gasteiger partial charge in [0.25, 0.3) is 5.91 Å². The third-order valence-corrected chi connectivity index (χ3v) is 12.6. The molecule has 15 heteroatoms. The first-order chi connectivity index (χ1) is 27.0. The number of aromatic nitrogens is 1. The molecule has 11 nitrogen and oxygen atoms in total. The van der Waals surface area contributed by atoms with Gasteiger partial charge in [-0.25, -0.2) is 4.98 Å². The van der Waals surface area contributed by atoms with Gasteiger partial charge in [-0.2, -0.15) is 18.4 Å². The zero-order chi connectivity index (χ0) is 41.2. The molecule has 4 atom stereocenters. The van der Waals surface area contributed by atoms with E-state index in [1.54, 1.807) is 13.8 Å². The SMILES string of the molecule is C[C@@H]1CC(CCOC2CCC(N3C(=S)N(c4cnc(C#N)c(C(F)(F)F)c4)C(=O)C3(C)C)CC2)C[C@H](C)N1CC(=O)Cc1cccc(CC2CCC(=O)NC2=O)c1. The number of benzene rings is 1. The monoisotopic (exact) mass is 808 g/mol. The Morgan fingerprint density at radius 3 is 2.39 bits per heavy atom. The number of ether oxygens (including phenoxy) is 1. The van der Waals surface area contributed by atoms with E-state index in [1.165, 1.54) is 6.07 Å². The summed E-state index contributed by atoms with van der Waals surface area (Å²) >= 11 is 5.72. The predicted molar refractivity (Wildman–Crippen MR) is 210 cm³/mol. The highest BCUT2D eigenvalue weighted by molar-refractivity contribution is 7.80. The minimum absolute atomic E-state index is 0.0551. The van der Waals surface area contributed by atoms with Crippen molar-refractivity contribution in [1.82, 2.24) is 20.1 Å². The van der Waals surface area contributed by atoms with Crippen LogP contribution in [0.25, 0.3) is 0 Å². The van der Waals surface area contributed by atoms with Gasteiger partial charge in [0.1, 0.15) is 11.6 Å². The molecule has 3 saturated heterocycles. The van der Waals surface area contributed by atoms with E-state index < -0.39 is 28.9 Å². The van der Waals surface area contributed by atoms with Gasteiger partial charge in [-0.1, -0.05) is 24.3 Å². The van der Waals surface area contributed by atoms with Crippen molar-refractivity contribution >= 4 is 46.5 Å². The van der Waals surface area contributed by atoms with E-state index in [-0.39, 0.29) is 58.5 Å². The van der Waals surface area contributed by atoms with E-state index in [4.69, 9.17) is 22.2 Å². The molecule has 1 aliphatic carbocycles. The minimum atomic E-state index is -4.82. The predicted octanol–water partition coefficient (Wildman–Crippen LogP) is 6.30. The van der Waals surface area contributed by atoms with Crippen molar-refractivity contribution in [3.05, 3.63) is 58.9 Å². The first-order valence-electron chi connectivity index (χ1n) is 19.9. The highest BCUT2D eigenvalue weighted by Gasteiger charge is 2.53. The zero-order valence-electron chi connectivity index (χ0n) is 32.9. The molecule has 3 amide bonds. The second kappa shape index (κ2) is 17.3. The molecule has 3 aliphatic heterocycles. The van der Waals surface area contributed by atoms with E-state index in [0.717, 1.165) is 60.4 Å². The van der Waals surface area contributed by atoms with Crippen molar-refractivity contribution in [2.75, 3.05) is 18.1 Å². The molecule has 2 unspecified atom stereocenters. The summed E-state index contributed by atoms with van der Waals surface area (Å²) < 4.78 is 47.5. The first kappa shape index (κ1) is 42.3. The topological polar surface area (TPSA) is 136 Å². The summed E-state index contributed by atoms with van der Waals surface area (Å²) in [6.45, 7) is 8.82. The molecule has 1 aromatic carbocycles. The lowest BCUT2D eigenvalue weighted by atomic mass is 9.84. The van der Waals surface area contributed by atoms with Crippen LogP contribution in [0.1, 0.15) is 108 Å². The maximum Gasteiger partial charge on any atom is 0.419 e. The Bertz CT molecular complexity index is 1910. The van der Waals surface area contributed by atoms with E-state index in [0.29, 0.717) is 57.6 Å². The molecule has 4 heterocycles. The number of alkyl halides is 3. The highest BCUT2D eigenvalue weighted by Crippen LogP contribution is 2.40. The van der Waals surface area contributed by atoms with Crippen LogP contribution in [0.3, 0.4) is 0 Å². The molecule has 57 heavy (non-hydrogen) atoms. The van der Waals surface area contributed by atoms with Crippen LogP contribution in [-0.4, -0.2) is 86.3 Å². The van der Waals surface area contributed by atoms with Crippen molar-refractivity contribution in [2.45, 2.75) is 134 Å². The van der Waals surface area contributed by atoms with Gasteiger partial charge in [0.05, 0.1) is 30.1 Å². The van der Waals surface area contributed by atoms with Gasteiger partial charge in [-0.05, 0) is 121 Å². The first-order valence-corrected chi connectivity index (χ1v) is 20.3. The van der Waals surface area contributed by atoms with Crippen molar-refractivity contribution in [2.24, 2.45) is 11.8 Å². The van der Waals surface area contributed by atoms with Gasteiger partial charge in [-0.15, -0.1) is 0 Å². The van der Waals surface area contributed by atoms with Crippen molar-refractivity contribution in [3.8, 4) is 6.07 Å². The third-order valence-electron chi connectivity index (χ3n) is 12.2. The molecule has 4 aliphatic rings. The molecule has 6 rings (SSSR count). The number of rotatable bonds is 12. The number of halogens is 3. The largest absolute Gasteiger partial charge is 0.419 e. The Hall–Kier alpha value is -4.26. The van der Waals surface area contributed by atoms with Gasteiger partial charge >= 0.3 is 6.18 Å². The summed E-state index contributed by atoms with van der Waals surface area (Å²) in [6, 6.07) is 10.5. The van der Waals surface area contributed by atoms with Crippen LogP contribution in [0.15, 0.2) is 36.5 Å². The van der Waals surface area contributed by atoms with Crippen LogP contribution in [0.4, 0.5) is 18.9 Å². The fourth-order valence-electron chi connectivity index (χ4n) is 9.29. The number of carbonyl (C=O) groups excluding carboxylic acids is 4. The van der Waals surface area contributed by atoms with Gasteiger partial charge in [0.15, 0.2) is 16.6 Å². The molecule has 1 aromatic heterocycles. The number of likely N-dealkylation sites (tertiary alicyclic amines) is 1. The number of nitrogens with one attached hydrogen (secondary N) is 1. The molecule has 1 saturated carbocycles. The lowest BCUT2D eigenvalue weighted by Crippen LogP contribution is -2.51. The van der Waals surface area contributed by atoms with E-state index in [9.17, 15) is 32.3 Å². The summed E-state index contributed by atoms with van der Waals surface area (Å²) in [5.74, 6) is -0.517. The van der Waals surface area contributed by atoms with Crippen LogP contribution in [0, 0.1) is 23.2 Å². The molecular formula is C42H51F3N6O5S. The molecule has 0 bridgehead atoms. The Labute approximate surface area is 337 Å². The lowest BCUT2D eigenvalue weighted by Gasteiger charge is -2.43. The Kier molecular flexibility index (Phi) is 12.9. The molecule has 0 radical (unpaired) electrons. The summed E-state index contributed by atoms with van der Waals surface area (Å²) in [5.41, 5.74) is -1.26. The standard InChI is InChI=1S/C42H51F3N6O5S/c1-25-16-29(17-26(2)49(25)24-33(52)20-28-7-5-6-27(18-28)19-30-8-13-37(53)48-38(30)54)14-15-56-34-11-9-31(10-12-34)51-40(57)50(39(55)41(51,3)4)32-21-35(42(43,44)45)36(22-46)47-23-32/h5-7,18,21,23,25-26,29-31,34H,8-17,19-20,24H2,1-4H3,(H,48,53,54)/t25-,26+,29?,30?,31?,34?. The van der Waals surface area contributed by atoms with Gasteiger partial charge in [-0.3, -0.25) is 34.3 Å². The van der Waals surface area contributed by atoms with Crippen molar-refractivity contribution in [3.63, 3.8) is 0 Å². The van der Waals surface area contributed by atoms with Gasteiger partial charge < -0.3 is 9.64 Å². The number of piperidine rings is 2. The summed E-state index contributed by atoms with van der Waals surface area (Å²) in [7, 11) is 0. The summed E-state index contributed by atoms with van der Waals surface area (Å²) in [6.07, 6.45) is 3.88. The third kappa shape index (κ3) is 9.56. The number of ketones is 1. The number of nitrogens with zero attached hydrogens (tertiary/aromatic N) is 5. The Morgan fingerprint density at radius 1 is 1.05 bits per heavy atom. The van der Waals surface area contributed by atoms with Crippen LogP contribution in [0.5, 0.6) is 0 Å². The minimum Gasteiger partial charge on any atom is -0.378 e. The number of amides is 3. The number of anilines is 1. The number of nitriles is 1.